The Morgan fingerprint density at radius 1 is 1.61 bits per heavy atom. The molecule has 0 aromatic rings. The Bertz CT molecular complexity index is 274. The number of esters is 1. The molecular formula is C12H20O6. The molecule has 6 heteroatoms. The van der Waals surface area contributed by atoms with Gasteiger partial charge in [-0.05, 0) is 13.8 Å². The molecule has 6 nitrogen and oxygen atoms in total. The summed E-state index contributed by atoms with van der Waals surface area (Å²) < 4.78 is 20.4. The quantitative estimate of drug-likeness (QED) is 0.277. The minimum atomic E-state index is -1.06. The second kappa shape index (κ2) is 7.48. The fourth-order valence-corrected chi connectivity index (χ4v) is 1.19. The summed E-state index contributed by atoms with van der Waals surface area (Å²) in [6, 6.07) is 0. The van der Waals surface area contributed by atoms with E-state index in [-0.39, 0.29) is 18.8 Å². The number of epoxide rings is 1. The molecule has 0 saturated carbocycles. The lowest BCUT2D eigenvalue weighted by molar-refractivity contribution is -0.216. The van der Waals surface area contributed by atoms with Gasteiger partial charge in [0.2, 0.25) is 6.29 Å². The first-order chi connectivity index (χ1) is 8.52. The van der Waals surface area contributed by atoms with Gasteiger partial charge in [-0.25, -0.2) is 4.79 Å². The lowest BCUT2D eigenvalue weighted by atomic mass is 10.3. The normalized spacial score (nSPS) is 21.4. The van der Waals surface area contributed by atoms with Crippen LogP contribution in [0.25, 0.3) is 0 Å². The lowest BCUT2D eigenvalue weighted by Gasteiger charge is -2.24. The van der Waals surface area contributed by atoms with Crippen molar-refractivity contribution in [2.75, 3.05) is 19.8 Å². The molecule has 0 aromatic carbocycles. The topological polar surface area (TPSA) is 77.5 Å². The molecule has 1 rings (SSSR count). The van der Waals surface area contributed by atoms with Crippen molar-refractivity contribution in [3.05, 3.63) is 12.7 Å². The number of carbonyl (C=O) groups is 1. The number of rotatable bonds is 9. The second-order valence-corrected chi connectivity index (χ2v) is 4.25. The fourth-order valence-electron chi connectivity index (χ4n) is 1.19. The number of aliphatic hydroxyl groups is 1. The highest BCUT2D eigenvalue weighted by atomic mass is 16.7. The number of carbonyl (C=O) groups excluding carboxylic acids is 1. The lowest BCUT2D eigenvalue weighted by Crippen LogP contribution is -2.38. The number of hydrogen-bond acceptors (Lipinski definition) is 6. The molecule has 1 aliphatic heterocycles. The number of aliphatic hydroxyl groups excluding tert-OH is 1. The van der Waals surface area contributed by atoms with Crippen LogP contribution in [-0.4, -0.2) is 55.5 Å². The molecule has 1 heterocycles. The Morgan fingerprint density at radius 2 is 2.28 bits per heavy atom. The third-order valence-corrected chi connectivity index (χ3v) is 2.11. The highest BCUT2D eigenvalue weighted by molar-refractivity contribution is 5.81. The van der Waals surface area contributed by atoms with Crippen LogP contribution < -0.4 is 0 Å². The SMILES string of the molecule is C=CC(=O)OC(OC(C)C)C(O)COCC1CO1. The molecule has 104 valence electrons. The Balaban J connectivity index is 2.34. The van der Waals surface area contributed by atoms with Crippen LogP contribution in [0, 0.1) is 0 Å². The Hall–Kier alpha value is -0.950. The van der Waals surface area contributed by atoms with Crippen molar-refractivity contribution in [1.29, 1.82) is 0 Å². The monoisotopic (exact) mass is 260 g/mol. The zero-order valence-corrected chi connectivity index (χ0v) is 10.7. The van der Waals surface area contributed by atoms with Crippen molar-refractivity contribution >= 4 is 5.97 Å². The van der Waals surface area contributed by atoms with E-state index in [1.807, 2.05) is 0 Å². The molecule has 1 saturated heterocycles. The second-order valence-electron chi connectivity index (χ2n) is 4.25. The first kappa shape index (κ1) is 15.1. The summed E-state index contributed by atoms with van der Waals surface area (Å²) in [7, 11) is 0. The van der Waals surface area contributed by atoms with Crippen LogP contribution in [0.2, 0.25) is 0 Å². The minimum absolute atomic E-state index is 0.0155. The van der Waals surface area contributed by atoms with Gasteiger partial charge in [-0.2, -0.15) is 0 Å². The van der Waals surface area contributed by atoms with Crippen molar-refractivity contribution in [2.45, 2.75) is 38.4 Å². The third kappa shape index (κ3) is 6.11. The van der Waals surface area contributed by atoms with Crippen LogP contribution in [0.4, 0.5) is 0 Å². The zero-order chi connectivity index (χ0) is 13.5. The van der Waals surface area contributed by atoms with Crippen molar-refractivity contribution in [2.24, 2.45) is 0 Å². The summed E-state index contributed by atoms with van der Waals surface area (Å²) in [5, 5.41) is 9.83. The van der Waals surface area contributed by atoms with Crippen LogP contribution in [-0.2, 0) is 23.7 Å². The van der Waals surface area contributed by atoms with Gasteiger partial charge in [0, 0.05) is 6.08 Å². The minimum Gasteiger partial charge on any atom is -0.430 e. The molecule has 0 aliphatic carbocycles. The van der Waals surface area contributed by atoms with Crippen LogP contribution >= 0.6 is 0 Å². The van der Waals surface area contributed by atoms with Gasteiger partial charge in [-0.15, -0.1) is 0 Å². The molecule has 1 N–H and O–H groups in total. The Kier molecular flexibility index (Phi) is 6.28. The summed E-state index contributed by atoms with van der Waals surface area (Å²) in [5.74, 6) is -0.648. The molecule has 3 unspecified atom stereocenters. The van der Waals surface area contributed by atoms with E-state index >= 15 is 0 Å². The van der Waals surface area contributed by atoms with E-state index < -0.39 is 18.4 Å². The van der Waals surface area contributed by atoms with E-state index in [0.29, 0.717) is 13.2 Å². The average Bonchev–Trinajstić information content (AvgIpc) is 3.11. The van der Waals surface area contributed by atoms with Crippen molar-refractivity contribution in [1.82, 2.24) is 0 Å². The van der Waals surface area contributed by atoms with E-state index in [1.54, 1.807) is 13.8 Å². The van der Waals surface area contributed by atoms with Crippen LogP contribution in [0.3, 0.4) is 0 Å². The van der Waals surface area contributed by atoms with Gasteiger partial charge >= 0.3 is 5.97 Å². The van der Waals surface area contributed by atoms with Gasteiger partial charge < -0.3 is 24.1 Å². The van der Waals surface area contributed by atoms with Gasteiger partial charge in [-0.3, -0.25) is 0 Å². The molecular weight excluding hydrogens is 240 g/mol. The molecule has 3 atom stereocenters. The van der Waals surface area contributed by atoms with Gasteiger partial charge in [-0.1, -0.05) is 6.58 Å². The van der Waals surface area contributed by atoms with E-state index in [2.05, 4.69) is 6.58 Å². The summed E-state index contributed by atoms with van der Waals surface area (Å²) >= 11 is 0. The Labute approximate surface area is 106 Å². The maximum Gasteiger partial charge on any atom is 0.332 e. The predicted molar refractivity (Wildman–Crippen MR) is 62.9 cm³/mol. The zero-order valence-electron chi connectivity index (χ0n) is 10.7. The molecule has 0 aromatic heterocycles. The van der Waals surface area contributed by atoms with Crippen molar-refractivity contribution < 1.29 is 28.8 Å². The fraction of sp³-hybridized carbons (Fsp3) is 0.750. The molecule has 0 amide bonds. The van der Waals surface area contributed by atoms with E-state index in [9.17, 15) is 9.90 Å². The number of ether oxygens (including phenoxy) is 4. The summed E-state index contributed by atoms with van der Waals surface area (Å²) in [5.41, 5.74) is 0. The first-order valence-corrected chi connectivity index (χ1v) is 5.88. The summed E-state index contributed by atoms with van der Waals surface area (Å²) in [6.07, 6.45) is -1.15. The van der Waals surface area contributed by atoms with Gasteiger partial charge in [0.1, 0.15) is 12.2 Å². The summed E-state index contributed by atoms with van der Waals surface area (Å²) in [6.45, 7) is 7.96. The summed E-state index contributed by atoms with van der Waals surface area (Å²) in [4.78, 5) is 11.1. The first-order valence-electron chi connectivity index (χ1n) is 5.88. The Morgan fingerprint density at radius 3 is 2.78 bits per heavy atom. The maximum absolute atomic E-state index is 11.1. The molecule has 1 fully saturated rings. The van der Waals surface area contributed by atoms with Gasteiger partial charge in [0.05, 0.1) is 25.9 Å². The number of hydrogen-bond donors (Lipinski definition) is 1. The van der Waals surface area contributed by atoms with Gasteiger partial charge in [0.25, 0.3) is 0 Å². The van der Waals surface area contributed by atoms with E-state index in [4.69, 9.17) is 18.9 Å². The average molecular weight is 260 g/mol. The molecule has 18 heavy (non-hydrogen) atoms. The highest BCUT2D eigenvalue weighted by Gasteiger charge is 2.27. The molecule has 1 aliphatic rings. The van der Waals surface area contributed by atoms with Crippen LogP contribution in [0.5, 0.6) is 0 Å². The maximum atomic E-state index is 11.1. The van der Waals surface area contributed by atoms with Gasteiger partial charge in [0.15, 0.2) is 0 Å². The van der Waals surface area contributed by atoms with Crippen LogP contribution in [0.15, 0.2) is 12.7 Å². The standard InChI is InChI=1S/C12H20O6/c1-4-11(14)18-12(17-8(2)3)10(13)7-15-5-9-6-16-9/h4,8-10,12-13H,1,5-7H2,2-3H3. The molecule has 0 spiro atoms. The molecule has 0 bridgehead atoms. The van der Waals surface area contributed by atoms with E-state index in [0.717, 1.165) is 6.08 Å². The third-order valence-electron chi connectivity index (χ3n) is 2.11. The smallest absolute Gasteiger partial charge is 0.332 e. The van der Waals surface area contributed by atoms with Crippen molar-refractivity contribution in [3.63, 3.8) is 0 Å². The largest absolute Gasteiger partial charge is 0.430 e. The molecule has 0 radical (unpaired) electrons. The predicted octanol–water partition coefficient (Wildman–Crippen LogP) is 0.243. The van der Waals surface area contributed by atoms with Crippen LogP contribution in [0.1, 0.15) is 13.8 Å². The van der Waals surface area contributed by atoms with Crippen molar-refractivity contribution in [3.8, 4) is 0 Å². The highest BCUT2D eigenvalue weighted by Crippen LogP contribution is 2.11. The van der Waals surface area contributed by atoms with E-state index in [1.165, 1.54) is 0 Å².